The fourth-order valence-corrected chi connectivity index (χ4v) is 3.93. The van der Waals surface area contributed by atoms with Gasteiger partial charge in [0.1, 0.15) is 11.6 Å². The lowest BCUT2D eigenvalue weighted by Crippen LogP contribution is -2.28. The molecule has 0 aliphatic rings. The average Bonchev–Trinajstić information content (AvgIpc) is 2.77. The third-order valence-corrected chi connectivity index (χ3v) is 5.54. The summed E-state index contributed by atoms with van der Waals surface area (Å²) in [5.41, 5.74) is 3.39. The smallest absolute Gasteiger partial charge is 0.262 e. The number of benzene rings is 3. The molecule has 1 atom stereocenters. The highest BCUT2D eigenvalue weighted by Gasteiger charge is 2.18. The first kappa shape index (κ1) is 19.8. The van der Waals surface area contributed by atoms with Crippen molar-refractivity contribution in [1.82, 2.24) is 9.55 Å². The molecule has 0 N–H and O–H groups in total. The predicted molar refractivity (Wildman–Crippen MR) is 120 cm³/mol. The Morgan fingerprint density at radius 1 is 1.00 bits per heavy atom. The molecule has 0 fully saturated rings. The quantitative estimate of drug-likeness (QED) is 0.436. The molecule has 0 spiro atoms. The number of hydrogen-bond acceptors (Lipinski definition) is 3. The average molecular weight is 401 g/mol. The maximum atomic E-state index is 13.5. The number of aryl methyl sites for hydroxylation is 1. The Labute approximate surface area is 175 Å². The van der Waals surface area contributed by atoms with Gasteiger partial charge in [-0.05, 0) is 61.4 Å². The van der Waals surface area contributed by atoms with E-state index >= 15 is 0 Å². The molecule has 0 radical (unpaired) electrons. The monoisotopic (exact) mass is 401 g/mol. The molecule has 5 heteroatoms. The summed E-state index contributed by atoms with van der Waals surface area (Å²) in [4.78, 5) is 20.2. The Morgan fingerprint density at radius 2 is 1.67 bits per heavy atom. The largest absolute Gasteiger partial charge is 0.345 e. The number of aromatic nitrogens is 2. The van der Waals surface area contributed by atoms with Crippen LogP contribution in [0.3, 0.4) is 0 Å². The van der Waals surface area contributed by atoms with Crippen molar-refractivity contribution in [2.24, 2.45) is 0 Å². The van der Waals surface area contributed by atoms with Gasteiger partial charge in [0.05, 0.1) is 16.9 Å². The molecule has 30 heavy (non-hydrogen) atoms. The van der Waals surface area contributed by atoms with Gasteiger partial charge in [-0.1, -0.05) is 37.3 Å². The molecule has 0 bridgehead atoms. The molecule has 0 amide bonds. The van der Waals surface area contributed by atoms with E-state index in [0.717, 1.165) is 23.4 Å². The first-order valence-corrected chi connectivity index (χ1v) is 10.1. The lowest BCUT2D eigenvalue weighted by molar-refractivity contribution is 0.529. The van der Waals surface area contributed by atoms with Crippen LogP contribution in [-0.4, -0.2) is 16.6 Å². The van der Waals surface area contributed by atoms with Crippen LogP contribution in [-0.2, 0) is 0 Å². The van der Waals surface area contributed by atoms with E-state index < -0.39 is 0 Å². The standard InChI is InChI=1S/C25H24FN3O/c1-4-24(18-8-6-5-7-9-18)29-17(2)27-23-15-14-21(16-22(23)25(29)30)28(3)20-12-10-19(26)11-13-20/h5-16,24H,4H2,1-3H3/t24-/m1/s1. The van der Waals surface area contributed by atoms with Gasteiger partial charge in [0.25, 0.3) is 5.56 Å². The van der Waals surface area contributed by atoms with Crippen LogP contribution in [0, 0.1) is 12.7 Å². The summed E-state index contributed by atoms with van der Waals surface area (Å²) in [6.45, 7) is 3.96. The van der Waals surface area contributed by atoms with E-state index in [1.807, 2.05) is 67.4 Å². The number of halogens is 1. The van der Waals surface area contributed by atoms with Crippen LogP contribution in [0.4, 0.5) is 15.8 Å². The van der Waals surface area contributed by atoms with E-state index in [2.05, 4.69) is 6.92 Å². The normalized spacial score (nSPS) is 12.1. The van der Waals surface area contributed by atoms with E-state index in [9.17, 15) is 9.18 Å². The van der Waals surface area contributed by atoms with Crippen LogP contribution in [0.1, 0.15) is 30.8 Å². The predicted octanol–water partition coefficient (Wildman–Crippen LogP) is 5.61. The molecule has 4 aromatic rings. The van der Waals surface area contributed by atoms with Gasteiger partial charge in [-0.3, -0.25) is 9.36 Å². The van der Waals surface area contributed by atoms with E-state index in [-0.39, 0.29) is 17.4 Å². The van der Waals surface area contributed by atoms with Crippen molar-refractivity contribution < 1.29 is 4.39 Å². The molecule has 0 aliphatic carbocycles. The SMILES string of the molecule is CC[C@H](c1ccccc1)n1c(C)nc2ccc(N(C)c3ccc(F)cc3)cc2c1=O. The molecule has 1 aromatic heterocycles. The fourth-order valence-electron chi connectivity index (χ4n) is 3.93. The number of hydrogen-bond donors (Lipinski definition) is 0. The molecule has 0 unspecified atom stereocenters. The molecule has 4 rings (SSSR count). The molecule has 0 saturated carbocycles. The van der Waals surface area contributed by atoms with Gasteiger partial charge in [0.15, 0.2) is 0 Å². The summed E-state index contributed by atoms with van der Waals surface area (Å²) in [6, 6.07) is 21.9. The number of anilines is 2. The minimum atomic E-state index is -0.278. The van der Waals surface area contributed by atoms with Crippen LogP contribution >= 0.6 is 0 Å². The molecule has 0 aliphatic heterocycles. The van der Waals surface area contributed by atoms with Gasteiger partial charge in [-0.25, -0.2) is 9.37 Å². The van der Waals surface area contributed by atoms with Crippen LogP contribution in [0.5, 0.6) is 0 Å². The lowest BCUT2D eigenvalue weighted by atomic mass is 10.0. The molecule has 0 saturated heterocycles. The summed E-state index contributed by atoms with van der Waals surface area (Å²) in [5.74, 6) is 0.419. The Bertz CT molecular complexity index is 1230. The van der Waals surface area contributed by atoms with Crippen molar-refractivity contribution in [1.29, 1.82) is 0 Å². The van der Waals surface area contributed by atoms with E-state index in [0.29, 0.717) is 16.7 Å². The van der Waals surface area contributed by atoms with E-state index in [1.54, 1.807) is 16.7 Å². The first-order chi connectivity index (χ1) is 14.5. The zero-order valence-electron chi connectivity index (χ0n) is 17.3. The maximum absolute atomic E-state index is 13.5. The van der Waals surface area contributed by atoms with Gasteiger partial charge in [-0.2, -0.15) is 0 Å². The summed E-state index contributed by atoms with van der Waals surface area (Å²) >= 11 is 0. The first-order valence-electron chi connectivity index (χ1n) is 10.1. The summed E-state index contributed by atoms with van der Waals surface area (Å²) in [7, 11) is 1.90. The van der Waals surface area contributed by atoms with Crippen molar-refractivity contribution >= 4 is 22.3 Å². The maximum Gasteiger partial charge on any atom is 0.262 e. The minimum Gasteiger partial charge on any atom is -0.345 e. The van der Waals surface area contributed by atoms with Crippen molar-refractivity contribution in [3.63, 3.8) is 0 Å². The second-order valence-electron chi connectivity index (χ2n) is 7.41. The highest BCUT2D eigenvalue weighted by Crippen LogP contribution is 2.27. The van der Waals surface area contributed by atoms with Crippen LogP contribution in [0.25, 0.3) is 10.9 Å². The van der Waals surface area contributed by atoms with Gasteiger partial charge in [0.2, 0.25) is 0 Å². The molecular weight excluding hydrogens is 377 g/mol. The fraction of sp³-hybridized carbons (Fsp3) is 0.200. The van der Waals surface area contributed by atoms with Gasteiger partial charge >= 0.3 is 0 Å². The Kier molecular flexibility index (Phi) is 5.36. The highest BCUT2D eigenvalue weighted by atomic mass is 19.1. The second kappa shape index (κ2) is 8.11. The number of rotatable bonds is 5. The number of nitrogens with zero attached hydrogens (tertiary/aromatic N) is 3. The summed E-state index contributed by atoms with van der Waals surface area (Å²) < 4.78 is 15.1. The van der Waals surface area contributed by atoms with E-state index in [1.165, 1.54) is 12.1 Å². The second-order valence-corrected chi connectivity index (χ2v) is 7.41. The third-order valence-electron chi connectivity index (χ3n) is 5.54. The van der Waals surface area contributed by atoms with E-state index in [4.69, 9.17) is 4.98 Å². The third kappa shape index (κ3) is 3.59. The van der Waals surface area contributed by atoms with Crippen LogP contribution in [0.15, 0.2) is 77.6 Å². The van der Waals surface area contributed by atoms with Crippen LogP contribution < -0.4 is 10.5 Å². The molecule has 152 valence electrons. The minimum absolute atomic E-state index is 0.0532. The van der Waals surface area contributed by atoms with Gasteiger partial charge < -0.3 is 4.90 Å². The zero-order valence-corrected chi connectivity index (χ0v) is 17.3. The van der Waals surface area contributed by atoms with Crippen molar-refractivity contribution in [3.8, 4) is 0 Å². The number of fused-ring (bicyclic) bond motifs is 1. The van der Waals surface area contributed by atoms with Crippen molar-refractivity contribution in [2.75, 3.05) is 11.9 Å². The highest BCUT2D eigenvalue weighted by molar-refractivity contribution is 5.83. The Morgan fingerprint density at radius 3 is 2.33 bits per heavy atom. The molecule has 3 aromatic carbocycles. The Hall–Kier alpha value is -3.47. The Balaban J connectivity index is 1.84. The molecular formula is C25H24FN3O. The van der Waals surface area contributed by atoms with Gasteiger partial charge in [0, 0.05) is 18.4 Å². The summed E-state index contributed by atoms with van der Waals surface area (Å²) in [5, 5.41) is 0.571. The summed E-state index contributed by atoms with van der Waals surface area (Å²) in [6.07, 6.45) is 0.785. The van der Waals surface area contributed by atoms with Crippen molar-refractivity contribution in [3.05, 3.63) is 100 Å². The molecule has 4 nitrogen and oxygen atoms in total. The van der Waals surface area contributed by atoms with Crippen LogP contribution in [0.2, 0.25) is 0 Å². The van der Waals surface area contributed by atoms with Gasteiger partial charge in [-0.15, -0.1) is 0 Å². The zero-order chi connectivity index (χ0) is 21.3. The topological polar surface area (TPSA) is 38.1 Å². The molecule has 1 heterocycles. The lowest BCUT2D eigenvalue weighted by Gasteiger charge is -2.23. The van der Waals surface area contributed by atoms with Crippen molar-refractivity contribution in [2.45, 2.75) is 26.3 Å².